The van der Waals surface area contributed by atoms with Gasteiger partial charge in [-0.15, -0.1) is 0 Å². The third-order valence-corrected chi connectivity index (χ3v) is 4.09. The lowest BCUT2D eigenvalue weighted by Gasteiger charge is -2.20. The summed E-state index contributed by atoms with van der Waals surface area (Å²) in [5, 5.41) is 11.8. The molecule has 2 N–H and O–H groups in total. The van der Waals surface area contributed by atoms with E-state index < -0.39 is 11.9 Å². The first kappa shape index (κ1) is 19.3. The van der Waals surface area contributed by atoms with Gasteiger partial charge in [0.15, 0.2) is 0 Å². The number of carbonyl (C=O) groups is 2. The van der Waals surface area contributed by atoms with Gasteiger partial charge in [-0.25, -0.2) is 4.79 Å². The number of rotatable bonds is 7. The van der Waals surface area contributed by atoms with Crippen molar-refractivity contribution in [3.05, 3.63) is 59.7 Å². The minimum absolute atomic E-state index is 0.133. The predicted octanol–water partition coefficient (Wildman–Crippen LogP) is 3.47. The molecule has 1 unspecified atom stereocenters. The Labute approximate surface area is 153 Å². The Kier molecular flexibility index (Phi) is 6.60. The van der Waals surface area contributed by atoms with Gasteiger partial charge in [0.2, 0.25) is 0 Å². The summed E-state index contributed by atoms with van der Waals surface area (Å²) in [7, 11) is 3.19. The summed E-state index contributed by atoms with van der Waals surface area (Å²) in [6.07, 6.45) is 0.680. The van der Waals surface area contributed by atoms with Crippen LogP contribution in [0.3, 0.4) is 0 Å². The van der Waals surface area contributed by atoms with E-state index in [1.165, 1.54) is 4.90 Å². The highest BCUT2D eigenvalue weighted by molar-refractivity contribution is 5.89. The number of hydrogen-bond donors (Lipinski definition) is 2. The van der Waals surface area contributed by atoms with E-state index in [-0.39, 0.29) is 12.6 Å². The molecule has 0 bridgehead atoms. The van der Waals surface area contributed by atoms with Gasteiger partial charge in [0.25, 0.3) is 0 Å². The van der Waals surface area contributed by atoms with Crippen LogP contribution in [-0.4, -0.2) is 42.7 Å². The molecule has 0 aliphatic heterocycles. The van der Waals surface area contributed by atoms with Crippen LogP contribution in [0.5, 0.6) is 5.75 Å². The Bertz CT molecular complexity index is 762. The lowest BCUT2D eigenvalue weighted by Crippen LogP contribution is -2.36. The molecule has 0 aliphatic carbocycles. The van der Waals surface area contributed by atoms with E-state index in [1.807, 2.05) is 42.5 Å². The number of anilines is 1. The Morgan fingerprint density at radius 3 is 2.50 bits per heavy atom. The van der Waals surface area contributed by atoms with Crippen LogP contribution < -0.4 is 10.1 Å². The minimum Gasteiger partial charge on any atom is -0.496 e. The molecule has 0 saturated carbocycles. The van der Waals surface area contributed by atoms with Crippen LogP contribution in [0.15, 0.2) is 48.5 Å². The first-order chi connectivity index (χ1) is 12.4. The number of carboxylic acid groups (broad SMARTS) is 1. The quantitative estimate of drug-likeness (QED) is 0.796. The largest absolute Gasteiger partial charge is 0.496 e. The van der Waals surface area contributed by atoms with E-state index in [2.05, 4.69) is 5.32 Å². The summed E-state index contributed by atoms with van der Waals surface area (Å²) in [6, 6.07) is 15.1. The Morgan fingerprint density at radius 2 is 1.88 bits per heavy atom. The molecule has 138 valence electrons. The number of ether oxygens (including phenoxy) is 1. The van der Waals surface area contributed by atoms with Gasteiger partial charge in [-0.1, -0.05) is 37.3 Å². The number of urea groups is 1. The number of nitrogens with one attached hydrogen (secondary N) is 1. The number of hydrogen-bond acceptors (Lipinski definition) is 3. The van der Waals surface area contributed by atoms with Gasteiger partial charge in [0.05, 0.1) is 13.0 Å². The number of aliphatic carboxylic acids is 1. The van der Waals surface area contributed by atoms with Gasteiger partial charge in [-0.3, -0.25) is 4.79 Å². The van der Waals surface area contributed by atoms with Gasteiger partial charge >= 0.3 is 12.0 Å². The lowest BCUT2D eigenvalue weighted by molar-refractivity contribution is -0.141. The zero-order chi connectivity index (χ0) is 19.1. The van der Waals surface area contributed by atoms with Crippen LogP contribution in [0.2, 0.25) is 0 Å². The highest BCUT2D eigenvalue weighted by atomic mass is 16.5. The number of benzene rings is 2. The summed E-state index contributed by atoms with van der Waals surface area (Å²) < 4.78 is 5.42. The third-order valence-electron chi connectivity index (χ3n) is 4.09. The highest BCUT2D eigenvalue weighted by Crippen LogP contribution is 2.25. The van der Waals surface area contributed by atoms with Crippen molar-refractivity contribution in [2.75, 3.05) is 26.0 Å². The molecular formula is C20H24N2O4. The van der Waals surface area contributed by atoms with Crippen LogP contribution >= 0.6 is 0 Å². The molecule has 6 nitrogen and oxygen atoms in total. The molecule has 1 atom stereocenters. The summed E-state index contributed by atoms with van der Waals surface area (Å²) in [5.41, 5.74) is 2.73. The number of carboxylic acids is 1. The van der Waals surface area contributed by atoms with E-state index >= 15 is 0 Å². The van der Waals surface area contributed by atoms with Crippen molar-refractivity contribution in [3.63, 3.8) is 0 Å². The van der Waals surface area contributed by atoms with E-state index in [4.69, 9.17) is 9.84 Å². The van der Waals surface area contributed by atoms with Gasteiger partial charge in [-0.05, 0) is 23.8 Å². The van der Waals surface area contributed by atoms with Crippen molar-refractivity contribution in [2.24, 2.45) is 5.92 Å². The van der Waals surface area contributed by atoms with Crippen molar-refractivity contribution in [1.82, 2.24) is 4.90 Å². The molecule has 0 spiro atoms. The van der Waals surface area contributed by atoms with Crippen LogP contribution in [-0.2, 0) is 11.2 Å². The van der Waals surface area contributed by atoms with Crippen LogP contribution in [0.4, 0.5) is 10.5 Å². The lowest BCUT2D eigenvalue weighted by atomic mass is 10.0. The third kappa shape index (κ3) is 5.24. The molecule has 2 rings (SSSR count). The van der Waals surface area contributed by atoms with Gasteiger partial charge in [0.1, 0.15) is 5.75 Å². The second kappa shape index (κ2) is 8.89. The Balaban J connectivity index is 2.11. The fourth-order valence-corrected chi connectivity index (χ4v) is 2.60. The SMILES string of the molecule is COc1ccc(NC(=O)N(C)CC(C)C(=O)O)cc1Cc1ccccc1. The van der Waals surface area contributed by atoms with Crippen molar-refractivity contribution >= 4 is 17.7 Å². The molecule has 0 saturated heterocycles. The topological polar surface area (TPSA) is 78.9 Å². The van der Waals surface area contributed by atoms with E-state index in [0.717, 1.165) is 16.9 Å². The van der Waals surface area contributed by atoms with Crippen LogP contribution in [0.1, 0.15) is 18.1 Å². The van der Waals surface area contributed by atoms with Gasteiger partial charge in [-0.2, -0.15) is 0 Å². The number of carbonyl (C=O) groups excluding carboxylic acids is 1. The smallest absolute Gasteiger partial charge is 0.321 e. The number of methoxy groups -OCH3 is 1. The Hall–Kier alpha value is -3.02. The van der Waals surface area contributed by atoms with E-state index in [0.29, 0.717) is 12.1 Å². The molecule has 2 aromatic rings. The molecular weight excluding hydrogens is 332 g/mol. The van der Waals surface area contributed by atoms with Crippen LogP contribution in [0.25, 0.3) is 0 Å². The second-order valence-corrected chi connectivity index (χ2v) is 6.24. The van der Waals surface area contributed by atoms with Crippen molar-refractivity contribution < 1.29 is 19.4 Å². The monoisotopic (exact) mass is 356 g/mol. The van der Waals surface area contributed by atoms with Crippen molar-refractivity contribution in [1.29, 1.82) is 0 Å². The van der Waals surface area contributed by atoms with Crippen molar-refractivity contribution in [2.45, 2.75) is 13.3 Å². The fourth-order valence-electron chi connectivity index (χ4n) is 2.60. The fraction of sp³-hybridized carbons (Fsp3) is 0.300. The van der Waals surface area contributed by atoms with Crippen molar-refractivity contribution in [3.8, 4) is 5.75 Å². The summed E-state index contributed by atoms with van der Waals surface area (Å²) >= 11 is 0. The Morgan fingerprint density at radius 1 is 1.19 bits per heavy atom. The molecule has 0 fully saturated rings. The van der Waals surface area contributed by atoms with Gasteiger partial charge < -0.3 is 20.1 Å². The van der Waals surface area contributed by atoms with Crippen LogP contribution in [0, 0.1) is 5.92 Å². The van der Waals surface area contributed by atoms with E-state index in [9.17, 15) is 9.59 Å². The minimum atomic E-state index is -0.931. The molecule has 6 heteroatoms. The molecule has 0 radical (unpaired) electrons. The average molecular weight is 356 g/mol. The molecule has 0 aliphatic rings. The molecule has 26 heavy (non-hydrogen) atoms. The number of nitrogens with zero attached hydrogens (tertiary/aromatic N) is 1. The standard InChI is InChI=1S/C20H24N2O4/c1-14(19(23)24)13-22(2)20(25)21-17-9-10-18(26-3)16(12-17)11-15-7-5-4-6-8-15/h4-10,12,14H,11,13H2,1-3H3,(H,21,25)(H,23,24). The normalized spacial score (nSPS) is 11.5. The first-order valence-electron chi connectivity index (χ1n) is 8.36. The summed E-state index contributed by atoms with van der Waals surface area (Å²) in [6.45, 7) is 1.70. The molecule has 2 aromatic carbocycles. The zero-order valence-electron chi connectivity index (χ0n) is 15.2. The van der Waals surface area contributed by atoms with Gasteiger partial charge in [0, 0.05) is 31.3 Å². The van der Waals surface area contributed by atoms with E-state index in [1.54, 1.807) is 27.1 Å². The molecule has 0 heterocycles. The maximum absolute atomic E-state index is 12.3. The predicted molar refractivity (Wildman–Crippen MR) is 101 cm³/mol. The second-order valence-electron chi connectivity index (χ2n) is 6.24. The zero-order valence-corrected chi connectivity index (χ0v) is 15.2. The first-order valence-corrected chi connectivity index (χ1v) is 8.36. The summed E-state index contributed by atoms with van der Waals surface area (Å²) in [4.78, 5) is 24.6. The highest BCUT2D eigenvalue weighted by Gasteiger charge is 2.17. The molecule has 0 aromatic heterocycles. The molecule has 2 amide bonds. The maximum atomic E-state index is 12.3. The number of amides is 2. The maximum Gasteiger partial charge on any atom is 0.321 e. The average Bonchev–Trinajstić information content (AvgIpc) is 2.62. The summed E-state index contributed by atoms with van der Waals surface area (Å²) in [5.74, 6) is -0.811.